The number of fused-ring (bicyclic) bond motifs is 1. The fraction of sp³-hybridized carbons (Fsp3) is 0.235. The van der Waals surface area contributed by atoms with Crippen molar-refractivity contribution >= 4 is 37.0 Å². The zero-order chi connectivity index (χ0) is 14.4. The number of nitrogens with zero attached hydrogens (tertiary/aromatic N) is 2. The number of hydrogen-bond donors (Lipinski definition) is 0. The summed E-state index contributed by atoms with van der Waals surface area (Å²) < 4.78 is 2.23. The van der Waals surface area contributed by atoms with Crippen LogP contribution in [0.25, 0.3) is 23.9 Å². The number of likely N-dealkylation sites (N-methyl/N-ethyl adjacent to an activating group) is 1. The molecule has 0 aliphatic carbocycles. The Hall–Kier alpha value is -2.03. The molecule has 3 heteroatoms. The minimum atomic E-state index is 0.220. The summed E-state index contributed by atoms with van der Waals surface area (Å²) in [6.45, 7) is 12.6. The van der Waals surface area contributed by atoms with Gasteiger partial charge in [-0.05, 0) is 0 Å². The molecule has 0 saturated carbocycles. The molecule has 0 N–H and O–H groups in total. The average Bonchev–Trinajstić information content (AvgIpc) is 2.70. The summed E-state index contributed by atoms with van der Waals surface area (Å²) in [5, 5.41) is 4.41. The van der Waals surface area contributed by atoms with E-state index in [0.29, 0.717) is 0 Å². The molecular formula is C17H19BN2. The van der Waals surface area contributed by atoms with Crippen LogP contribution in [0.3, 0.4) is 0 Å². The van der Waals surface area contributed by atoms with Crippen LogP contribution in [0.4, 0.5) is 0 Å². The molecule has 2 aromatic rings. The van der Waals surface area contributed by atoms with Crippen molar-refractivity contribution in [2.24, 2.45) is 0 Å². The van der Waals surface area contributed by atoms with Gasteiger partial charge >= 0.3 is 120 Å². The van der Waals surface area contributed by atoms with E-state index in [1.165, 1.54) is 10.8 Å². The first-order valence-electron chi connectivity index (χ1n) is 6.89. The Morgan fingerprint density at radius 1 is 1.10 bits per heavy atom. The number of aromatic nitrogens is 1. The van der Waals surface area contributed by atoms with Crippen molar-refractivity contribution in [2.45, 2.75) is 18.9 Å². The van der Waals surface area contributed by atoms with Gasteiger partial charge in [0.2, 0.25) is 0 Å². The molecule has 1 aliphatic heterocycles. The maximum absolute atomic E-state index is 4.26. The van der Waals surface area contributed by atoms with Gasteiger partial charge in [-0.15, -0.1) is 0 Å². The first kappa shape index (κ1) is 13.0. The van der Waals surface area contributed by atoms with Crippen molar-refractivity contribution in [3.05, 3.63) is 47.2 Å². The third-order valence-electron chi connectivity index (χ3n) is 4.44. The summed E-state index contributed by atoms with van der Waals surface area (Å²) in [6.07, 6.45) is 1.99. The number of hydrogen-bond acceptors (Lipinski definition) is 1. The van der Waals surface area contributed by atoms with Crippen molar-refractivity contribution in [2.75, 3.05) is 7.05 Å². The third kappa shape index (κ3) is 1.69. The second-order valence-corrected chi connectivity index (χ2v) is 5.48. The van der Waals surface area contributed by atoms with Gasteiger partial charge in [0.05, 0.1) is 0 Å². The third-order valence-corrected chi connectivity index (χ3v) is 4.44. The number of likely N-dealkylation sites (tertiary alicyclic amines) is 1. The number of benzene rings is 1. The summed E-state index contributed by atoms with van der Waals surface area (Å²) in [7, 11) is 6.28. The molecule has 100 valence electrons. The van der Waals surface area contributed by atoms with E-state index in [0.717, 1.165) is 34.8 Å². The van der Waals surface area contributed by atoms with Gasteiger partial charge in [-0.2, -0.15) is 0 Å². The van der Waals surface area contributed by atoms with E-state index in [2.05, 4.69) is 48.8 Å². The van der Waals surface area contributed by atoms with E-state index in [-0.39, 0.29) is 6.04 Å². The van der Waals surface area contributed by atoms with Crippen LogP contribution in [0, 0.1) is 0 Å². The second-order valence-electron chi connectivity index (χ2n) is 5.48. The topological polar surface area (TPSA) is 8.17 Å². The van der Waals surface area contributed by atoms with Gasteiger partial charge in [0.1, 0.15) is 0 Å². The Kier molecular flexibility index (Phi) is 2.93. The van der Waals surface area contributed by atoms with Gasteiger partial charge < -0.3 is 0 Å². The Balaban J connectivity index is 2.21. The van der Waals surface area contributed by atoms with Gasteiger partial charge in [-0.3, -0.25) is 0 Å². The molecule has 3 rings (SSSR count). The zero-order valence-corrected chi connectivity index (χ0v) is 12.0. The van der Waals surface area contributed by atoms with Crippen molar-refractivity contribution < 1.29 is 0 Å². The van der Waals surface area contributed by atoms with Crippen LogP contribution < -0.4 is 10.7 Å². The number of rotatable bonds is 1. The van der Waals surface area contributed by atoms with Crippen LogP contribution in [0.5, 0.6) is 0 Å². The number of allylic oxidation sites excluding steroid dienone is 1. The Labute approximate surface area is 120 Å². The fourth-order valence-corrected chi connectivity index (χ4v) is 3.13. The Morgan fingerprint density at radius 3 is 2.20 bits per heavy atom. The molecule has 20 heavy (non-hydrogen) atoms. The molecule has 0 amide bonds. The predicted molar refractivity (Wildman–Crippen MR) is 89.6 cm³/mol. The minimum absolute atomic E-state index is 0.220. The summed E-state index contributed by atoms with van der Waals surface area (Å²) in [6, 6.07) is 8.53. The second kappa shape index (κ2) is 4.52. The zero-order valence-electron chi connectivity index (χ0n) is 12.0. The van der Waals surface area contributed by atoms with Gasteiger partial charge in [0, 0.05) is 0 Å². The average molecular weight is 262 g/mol. The first-order valence-corrected chi connectivity index (χ1v) is 6.89. The quantitative estimate of drug-likeness (QED) is 0.703. The van der Waals surface area contributed by atoms with Crippen molar-refractivity contribution in [1.29, 1.82) is 0 Å². The molecule has 1 aromatic carbocycles. The molecule has 2 heterocycles. The summed E-state index contributed by atoms with van der Waals surface area (Å²) in [4.78, 5) is 2.09. The van der Waals surface area contributed by atoms with Crippen LogP contribution in [-0.4, -0.2) is 29.6 Å². The fourth-order valence-electron chi connectivity index (χ4n) is 3.13. The molecule has 0 spiro atoms. The predicted octanol–water partition coefficient (Wildman–Crippen LogP) is 1.27. The van der Waals surface area contributed by atoms with Crippen LogP contribution in [0.1, 0.15) is 18.9 Å². The summed E-state index contributed by atoms with van der Waals surface area (Å²) >= 11 is 0. The molecule has 1 fully saturated rings. The molecule has 2 nitrogen and oxygen atoms in total. The monoisotopic (exact) mass is 262 g/mol. The van der Waals surface area contributed by atoms with E-state index in [4.69, 9.17) is 0 Å². The van der Waals surface area contributed by atoms with E-state index >= 15 is 0 Å². The van der Waals surface area contributed by atoms with Crippen LogP contribution in [-0.2, 0) is 0 Å². The molecule has 1 unspecified atom stereocenters. The molecular weight excluding hydrogens is 243 g/mol. The van der Waals surface area contributed by atoms with Crippen LogP contribution >= 0.6 is 0 Å². The van der Waals surface area contributed by atoms with Crippen molar-refractivity contribution in [1.82, 2.24) is 9.47 Å². The van der Waals surface area contributed by atoms with Gasteiger partial charge in [0.25, 0.3) is 0 Å². The van der Waals surface area contributed by atoms with E-state index in [1.807, 2.05) is 19.2 Å². The summed E-state index contributed by atoms with van der Waals surface area (Å²) in [5.41, 5.74) is 2.19. The summed E-state index contributed by atoms with van der Waals surface area (Å²) in [5.74, 6) is 0. The molecule has 0 radical (unpaired) electrons. The SMILES string of the molecule is B=C1C(n2c(=C)c3ccccc3c2=C)CCC(=C)N1C. The molecule has 1 aliphatic rings. The van der Waals surface area contributed by atoms with Crippen LogP contribution in [0.15, 0.2) is 36.5 Å². The van der Waals surface area contributed by atoms with Crippen molar-refractivity contribution in [3.63, 3.8) is 0 Å². The van der Waals surface area contributed by atoms with Gasteiger partial charge in [-0.25, -0.2) is 0 Å². The number of piperidine rings is 1. The Morgan fingerprint density at radius 2 is 1.65 bits per heavy atom. The molecule has 0 bridgehead atoms. The molecule has 1 saturated heterocycles. The van der Waals surface area contributed by atoms with Gasteiger partial charge in [-0.1, -0.05) is 0 Å². The standard InChI is InChI=1S/C17H19BN2/c1-11-9-10-16(17(18)19(11)4)20-12(2)14-7-5-6-8-15(14)13(20)3/h5-8,16,18H,1-3,9-10H2,4H3. The molecule has 1 atom stereocenters. The van der Waals surface area contributed by atoms with E-state index < -0.39 is 0 Å². The normalized spacial score (nSPS) is 19.8. The van der Waals surface area contributed by atoms with Gasteiger partial charge in [0.15, 0.2) is 0 Å². The van der Waals surface area contributed by atoms with E-state index in [9.17, 15) is 0 Å². The Bertz CT molecular complexity index is 768. The van der Waals surface area contributed by atoms with Crippen LogP contribution in [0.2, 0.25) is 0 Å². The molecule has 1 aromatic heterocycles. The van der Waals surface area contributed by atoms with Crippen molar-refractivity contribution in [3.8, 4) is 0 Å². The first-order chi connectivity index (χ1) is 9.52. The van der Waals surface area contributed by atoms with E-state index in [1.54, 1.807) is 0 Å². The maximum atomic E-state index is 4.26.